The van der Waals surface area contributed by atoms with Crippen molar-refractivity contribution in [2.45, 2.75) is 9.62 Å². The van der Waals surface area contributed by atoms with E-state index in [1.807, 2.05) is 84.9 Å². The Morgan fingerprint density at radius 2 is 1.35 bits per heavy atom. The Bertz CT molecular complexity index is 1420. The first-order valence-corrected chi connectivity index (χ1v) is 11.9. The monoisotopic (exact) mass is 470 g/mol. The van der Waals surface area contributed by atoms with Crippen molar-refractivity contribution >= 4 is 34.7 Å². The highest BCUT2D eigenvalue weighted by atomic mass is 32.2. The number of para-hydroxylation sites is 2. The summed E-state index contributed by atoms with van der Waals surface area (Å²) >= 11 is 1.59. The van der Waals surface area contributed by atoms with Crippen molar-refractivity contribution in [1.29, 1.82) is 0 Å². The SMILES string of the molecule is COC(=O)[C@H]1[C@H](C(=O)OC)[C@@]2(c3ccccc3)S[C@]1(c1ccccc1)c1nc3ccccc3n12. The lowest BCUT2D eigenvalue weighted by Gasteiger charge is -2.39. The van der Waals surface area contributed by atoms with E-state index in [1.165, 1.54) is 14.2 Å². The van der Waals surface area contributed by atoms with Crippen molar-refractivity contribution in [3.8, 4) is 0 Å². The number of thioether (sulfide) groups is 1. The van der Waals surface area contributed by atoms with E-state index in [4.69, 9.17) is 14.5 Å². The molecule has 2 bridgehead atoms. The lowest BCUT2D eigenvalue weighted by molar-refractivity contribution is -0.161. The molecule has 0 unspecified atom stereocenters. The highest BCUT2D eigenvalue weighted by Crippen LogP contribution is 2.74. The minimum Gasteiger partial charge on any atom is -0.469 e. The van der Waals surface area contributed by atoms with Gasteiger partial charge in [0.05, 0.1) is 31.2 Å². The largest absolute Gasteiger partial charge is 0.469 e. The van der Waals surface area contributed by atoms with Gasteiger partial charge < -0.3 is 14.0 Å². The molecule has 1 saturated heterocycles. The second kappa shape index (κ2) is 7.46. The normalized spacial score (nSPS) is 26.9. The Balaban J connectivity index is 1.81. The second-order valence-corrected chi connectivity index (χ2v) is 10.00. The number of nitrogens with zero attached hydrogens (tertiary/aromatic N) is 2. The molecule has 0 saturated carbocycles. The average Bonchev–Trinajstić information content (AvgIpc) is 3.54. The molecule has 1 aromatic heterocycles. The van der Waals surface area contributed by atoms with Gasteiger partial charge in [0.2, 0.25) is 0 Å². The highest BCUT2D eigenvalue weighted by Gasteiger charge is 2.76. The topological polar surface area (TPSA) is 70.4 Å². The molecule has 170 valence electrons. The molecule has 1 fully saturated rings. The van der Waals surface area contributed by atoms with Crippen LogP contribution in [0.25, 0.3) is 11.0 Å². The zero-order valence-corrected chi connectivity index (χ0v) is 19.5. The Morgan fingerprint density at radius 1 is 0.794 bits per heavy atom. The Kier molecular flexibility index (Phi) is 4.61. The van der Waals surface area contributed by atoms with Crippen LogP contribution in [0.2, 0.25) is 0 Å². The summed E-state index contributed by atoms with van der Waals surface area (Å²) in [5.74, 6) is -1.83. The summed E-state index contributed by atoms with van der Waals surface area (Å²) in [5.41, 5.74) is 3.52. The molecule has 6 rings (SSSR count). The molecular weight excluding hydrogens is 448 g/mol. The van der Waals surface area contributed by atoms with Gasteiger partial charge in [-0.25, -0.2) is 4.98 Å². The third kappa shape index (κ3) is 2.45. The van der Waals surface area contributed by atoms with Gasteiger partial charge in [-0.15, -0.1) is 11.8 Å². The molecule has 6 nitrogen and oxygen atoms in total. The maximum absolute atomic E-state index is 13.6. The first kappa shape index (κ1) is 21.0. The predicted octanol–water partition coefficient (Wildman–Crippen LogP) is 4.32. The quantitative estimate of drug-likeness (QED) is 0.414. The van der Waals surface area contributed by atoms with Crippen molar-refractivity contribution in [2.24, 2.45) is 11.8 Å². The van der Waals surface area contributed by atoms with E-state index >= 15 is 0 Å². The Morgan fingerprint density at radius 3 is 2.00 bits per heavy atom. The molecule has 3 heterocycles. The number of hydrogen-bond donors (Lipinski definition) is 0. The lowest BCUT2D eigenvalue weighted by Crippen LogP contribution is -2.51. The van der Waals surface area contributed by atoms with E-state index < -0.39 is 33.4 Å². The molecule has 4 atom stereocenters. The van der Waals surface area contributed by atoms with Crippen LogP contribution in [0, 0.1) is 11.8 Å². The van der Waals surface area contributed by atoms with Gasteiger partial charge in [0.25, 0.3) is 0 Å². The number of hydrogen-bond acceptors (Lipinski definition) is 6. The molecule has 4 aromatic rings. The maximum Gasteiger partial charge on any atom is 0.313 e. The van der Waals surface area contributed by atoms with Crippen molar-refractivity contribution in [3.05, 3.63) is 102 Å². The molecule has 7 heteroatoms. The summed E-state index contributed by atoms with van der Waals surface area (Å²) in [6.45, 7) is 0. The van der Waals surface area contributed by atoms with Crippen LogP contribution in [0.4, 0.5) is 0 Å². The van der Waals surface area contributed by atoms with E-state index in [1.54, 1.807) is 11.8 Å². The zero-order valence-electron chi connectivity index (χ0n) is 18.7. The van der Waals surface area contributed by atoms with E-state index in [0.29, 0.717) is 0 Å². The fraction of sp³-hybridized carbons (Fsp3) is 0.222. The third-order valence-electron chi connectivity index (χ3n) is 7.03. The minimum absolute atomic E-state index is 0.451. The number of imidazole rings is 1. The summed E-state index contributed by atoms with van der Waals surface area (Å²) < 4.78 is 11.9. The summed E-state index contributed by atoms with van der Waals surface area (Å²) in [6.07, 6.45) is 0. The molecule has 2 aliphatic rings. The molecule has 0 amide bonds. The lowest BCUT2D eigenvalue weighted by atomic mass is 9.70. The molecule has 3 aromatic carbocycles. The van der Waals surface area contributed by atoms with Crippen LogP contribution in [-0.4, -0.2) is 35.7 Å². The number of ether oxygens (including phenoxy) is 2. The van der Waals surface area contributed by atoms with Gasteiger partial charge in [0.1, 0.15) is 21.4 Å². The van der Waals surface area contributed by atoms with Crippen LogP contribution >= 0.6 is 11.8 Å². The first-order valence-electron chi connectivity index (χ1n) is 11.0. The number of rotatable bonds is 4. The van der Waals surface area contributed by atoms with Crippen molar-refractivity contribution < 1.29 is 19.1 Å². The molecule has 34 heavy (non-hydrogen) atoms. The fourth-order valence-corrected chi connectivity index (χ4v) is 7.99. The van der Waals surface area contributed by atoms with Gasteiger partial charge in [-0.2, -0.15) is 0 Å². The number of methoxy groups -OCH3 is 2. The number of fused-ring (bicyclic) bond motifs is 7. The smallest absolute Gasteiger partial charge is 0.313 e. The van der Waals surface area contributed by atoms with Gasteiger partial charge in [-0.3, -0.25) is 9.59 Å². The van der Waals surface area contributed by atoms with Gasteiger partial charge in [-0.05, 0) is 23.3 Å². The molecule has 0 spiro atoms. The number of benzene rings is 3. The maximum atomic E-state index is 13.6. The van der Waals surface area contributed by atoms with Crippen LogP contribution < -0.4 is 0 Å². The van der Waals surface area contributed by atoms with Crippen molar-refractivity contribution in [2.75, 3.05) is 14.2 Å². The summed E-state index contributed by atoms with van der Waals surface area (Å²) in [6, 6.07) is 27.5. The van der Waals surface area contributed by atoms with Gasteiger partial charge in [0, 0.05) is 0 Å². The van der Waals surface area contributed by atoms with Crippen molar-refractivity contribution in [1.82, 2.24) is 9.55 Å². The third-order valence-corrected chi connectivity index (χ3v) is 9.01. The second-order valence-electron chi connectivity index (χ2n) is 8.53. The van der Waals surface area contributed by atoms with Crippen LogP contribution in [0.5, 0.6) is 0 Å². The van der Waals surface area contributed by atoms with Crippen LogP contribution in [0.15, 0.2) is 84.9 Å². The van der Waals surface area contributed by atoms with Crippen LogP contribution in [-0.2, 0) is 28.7 Å². The zero-order chi connectivity index (χ0) is 23.5. The van der Waals surface area contributed by atoms with E-state index in [2.05, 4.69) is 4.57 Å². The number of carbonyl (C=O) groups is 2. The highest BCUT2D eigenvalue weighted by molar-refractivity contribution is 8.02. The number of carbonyl (C=O) groups excluding carboxylic acids is 2. The molecule has 2 aliphatic heterocycles. The van der Waals surface area contributed by atoms with Gasteiger partial charge >= 0.3 is 11.9 Å². The van der Waals surface area contributed by atoms with E-state index in [-0.39, 0.29) is 0 Å². The number of esters is 2. The van der Waals surface area contributed by atoms with E-state index in [0.717, 1.165) is 28.0 Å². The molecular formula is C27H22N2O4S. The minimum atomic E-state index is -0.950. The fourth-order valence-electron chi connectivity index (χ4n) is 5.76. The van der Waals surface area contributed by atoms with Gasteiger partial charge in [-0.1, -0.05) is 72.8 Å². The van der Waals surface area contributed by atoms with Crippen molar-refractivity contribution in [3.63, 3.8) is 0 Å². The summed E-state index contributed by atoms with van der Waals surface area (Å²) in [4.78, 5) is 31.2. The van der Waals surface area contributed by atoms with Gasteiger partial charge in [0.15, 0.2) is 0 Å². The summed E-state index contributed by atoms with van der Waals surface area (Å²) in [7, 11) is 2.73. The first-order chi connectivity index (χ1) is 16.6. The van der Waals surface area contributed by atoms with Crippen LogP contribution in [0.1, 0.15) is 17.0 Å². The van der Waals surface area contributed by atoms with Crippen LogP contribution in [0.3, 0.4) is 0 Å². The molecule has 0 N–H and O–H groups in total. The summed E-state index contributed by atoms with van der Waals surface area (Å²) in [5, 5.41) is 0. The standard InChI is InChI=1S/C27H22N2O4S/c1-32-23(30)21-22(24(31)33-2)27(18-13-7-4-8-14-18)29-20-16-10-9-15-19(20)28-25(29)26(21,34-27)17-11-5-3-6-12-17/h3-16,21-22H,1-2H3/t21-,22-,26+,27-/m1/s1. The van der Waals surface area contributed by atoms with E-state index in [9.17, 15) is 9.59 Å². The predicted molar refractivity (Wildman–Crippen MR) is 129 cm³/mol. The molecule has 0 aliphatic carbocycles. The average molecular weight is 471 g/mol. The number of aromatic nitrogens is 2. The Hall–Kier alpha value is -3.58. The Labute approximate surface area is 200 Å². The molecule has 0 radical (unpaired) electrons.